The number of aromatic carboxylic acids is 1. The van der Waals surface area contributed by atoms with Crippen molar-refractivity contribution >= 4 is 17.9 Å². The van der Waals surface area contributed by atoms with E-state index in [2.05, 4.69) is 21.5 Å². The van der Waals surface area contributed by atoms with Gasteiger partial charge < -0.3 is 5.11 Å². The van der Waals surface area contributed by atoms with Crippen LogP contribution in [-0.2, 0) is 6.54 Å². The van der Waals surface area contributed by atoms with Crippen LogP contribution in [0, 0.1) is 11.8 Å². The summed E-state index contributed by atoms with van der Waals surface area (Å²) in [7, 11) is 0. The molecule has 5 heteroatoms. The summed E-state index contributed by atoms with van der Waals surface area (Å²) in [6.07, 6.45) is 3.55. The van der Waals surface area contributed by atoms with Crippen LogP contribution in [0.15, 0.2) is 78.0 Å². The van der Waals surface area contributed by atoms with E-state index in [-0.39, 0.29) is 5.56 Å². The Bertz CT molecular complexity index is 945. The van der Waals surface area contributed by atoms with Crippen molar-refractivity contribution in [1.29, 1.82) is 0 Å². The van der Waals surface area contributed by atoms with Gasteiger partial charge in [0.05, 0.1) is 5.56 Å². The van der Waals surface area contributed by atoms with Crippen molar-refractivity contribution in [2.75, 3.05) is 0 Å². The van der Waals surface area contributed by atoms with Gasteiger partial charge in [0, 0.05) is 35.0 Å². The summed E-state index contributed by atoms with van der Waals surface area (Å²) < 4.78 is 3.30. The van der Waals surface area contributed by atoms with Crippen molar-refractivity contribution < 1.29 is 9.90 Å². The zero-order valence-electron chi connectivity index (χ0n) is 13.8. The first-order chi connectivity index (χ1) is 12.7. The van der Waals surface area contributed by atoms with Gasteiger partial charge >= 0.3 is 5.97 Å². The summed E-state index contributed by atoms with van der Waals surface area (Å²) in [6.45, 7) is 0.751. The maximum absolute atomic E-state index is 11.2. The van der Waals surface area contributed by atoms with Crippen molar-refractivity contribution in [3.63, 3.8) is 0 Å². The molecule has 3 rings (SSSR count). The Morgan fingerprint density at radius 1 is 1.00 bits per heavy atom. The number of nitrogens with zero attached hydrogens (tertiary/aromatic N) is 1. The fourth-order valence-corrected chi connectivity index (χ4v) is 2.91. The molecule has 2 aromatic carbocycles. The minimum atomic E-state index is -0.970. The minimum Gasteiger partial charge on any atom is -0.478 e. The summed E-state index contributed by atoms with van der Waals surface area (Å²) in [6, 6.07) is 18.5. The molecule has 0 aliphatic heterocycles. The van der Waals surface area contributed by atoms with Gasteiger partial charge in [0.1, 0.15) is 0 Å². The molecule has 0 atom stereocenters. The number of hydrogen-bond acceptors (Lipinski definition) is 4. The summed E-state index contributed by atoms with van der Waals surface area (Å²) in [4.78, 5) is 16.3. The number of carboxylic acids is 1. The molecular formula is C21H16N2O2S. The van der Waals surface area contributed by atoms with Gasteiger partial charge in [0.15, 0.2) is 0 Å². The monoisotopic (exact) mass is 360 g/mol. The van der Waals surface area contributed by atoms with Crippen LogP contribution in [0.3, 0.4) is 0 Å². The number of benzene rings is 2. The lowest BCUT2D eigenvalue weighted by molar-refractivity contribution is 0.0696. The Labute approximate surface area is 156 Å². The third-order valence-electron chi connectivity index (χ3n) is 3.57. The number of carbonyl (C=O) groups is 1. The third kappa shape index (κ3) is 4.96. The topological polar surface area (TPSA) is 62.2 Å². The van der Waals surface area contributed by atoms with Crippen LogP contribution in [0.5, 0.6) is 0 Å². The quantitative estimate of drug-likeness (QED) is 0.532. The molecule has 0 saturated carbocycles. The number of nitrogens with one attached hydrogen (secondary N) is 1. The van der Waals surface area contributed by atoms with Crippen LogP contribution in [-0.4, -0.2) is 16.1 Å². The third-order valence-corrected chi connectivity index (χ3v) is 4.37. The highest BCUT2D eigenvalue weighted by Crippen LogP contribution is 2.16. The molecule has 2 N–H and O–H groups in total. The fraction of sp³-hybridized carbons (Fsp3) is 0.0476. The normalized spacial score (nSPS) is 10.0. The predicted molar refractivity (Wildman–Crippen MR) is 103 cm³/mol. The van der Waals surface area contributed by atoms with Crippen molar-refractivity contribution in [3.05, 3.63) is 95.3 Å². The first kappa shape index (κ1) is 17.7. The van der Waals surface area contributed by atoms with Crippen molar-refractivity contribution in [3.8, 4) is 11.8 Å². The molecule has 26 heavy (non-hydrogen) atoms. The lowest BCUT2D eigenvalue weighted by atomic mass is 10.1. The van der Waals surface area contributed by atoms with Crippen LogP contribution >= 0.6 is 11.9 Å². The molecule has 0 unspecified atom stereocenters. The summed E-state index contributed by atoms with van der Waals surface area (Å²) in [5.74, 6) is 4.98. The van der Waals surface area contributed by atoms with Crippen LogP contribution in [0.25, 0.3) is 0 Å². The second kappa shape index (κ2) is 8.86. The standard InChI is InChI=1S/C21H16N2O2S/c24-21(25)20-4-2-1-3-18(20)8-5-16-6-9-19(10-7-16)26-23-15-17-11-13-22-14-12-17/h1-4,6-7,9-14,23H,15H2,(H,24,25). The van der Waals surface area contributed by atoms with E-state index in [0.717, 1.165) is 17.0 Å². The Morgan fingerprint density at radius 2 is 1.73 bits per heavy atom. The van der Waals surface area contributed by atoms with Gasteiger partial charge in [-0.3, -0.25) is 9.71 Å². The van der Waals surface area contributed by atoms with E-state index in [0.29, 0.717) is 5.56 Å². The molecule has 4 nitrogen and oxygen atoms in total. The van der Waals surface area contributed by atoms with E-state index >= 15 is 0 Å². The fourth-order valence-electron chi connectivity index (χ4n) is 2.23. The molecule has 0 bridgehead atoms. The summed E-state index contributed by atoms with van der Waals surface area (Å²) in [5, 5.41) is 9.18. The highest BCUT2D eigenvalue weighted by molar-refractivity contribution is 7.97. The lowest BCUT2D eigenvalue weighted by Gasteiger charge is -2.04. The zero-order chi connectivity index (χ0) is 18.2. The van der Waals surface area contributed by atoms with E-state index in [1.165, 1.54) is 5.56 Å². The van der Waals surface area contributed by atoms with Crippen LogP contribution in [0.1, 0.15) is 27.0 Å². The maximum atomic E-state index is 11.2. The van der Waals surface area contributed by atoms with Gasteiger partial charge in [-0.25, -0.2) is 4.79 Å². The van der Waals surface area contributed by atoms with E-state index < -0.39 is 5.97 Å². The number of aromatic nitrogens is 1. The van der Waals surface area contributed by atoms with E-state index in [1.54, 1.807) is 48.6 Å². The van der Waals surface area contributed by atoms with Crippen molar-refractivity contribution in [2.24, 2.45) is 0 Å². The van der Waals surface area contributed by atoms with Gasteiger partial charge in [0.2, 0.25) is 0 Å². The SMILES string of the molecule is O=C(O)c1ccccc1C#Cc1ccc(SNCc2ccncc2)cc1. The Kier molecular flexibility index (Phi) is 6.05. The van der Waals surface area contributed by atoms with Crippen LogP contribution < -0.4 is 4.72 Å². The number of carboxylic acid groups (broad SMARTS) is 1. The summed E-state index contributed by atoms with van der Waals surface area (Å²) in [5.41, 5.74) is 2.74. The Balaban J connectivity index is 1.61. The smallest absolute Gasteiger partial charge is 0.336 e. The van der Waals surface area contributed by atoms with Crippen LogP contribution in [0.4, 0.5) is 0 Å². The zero-order valence-corrected chi connectivity index (χ0v) is 14.7. The Morgan fingerprint density at radius 3 is 2.46 bits per heavy atom. The lowest BCUT2D eigenvalue weighted by Crippen LogP contribution is -2.02. The largest absolute Gasteiger partial charge is 0.478 e. The molecule has 0 spiro atoms. The first-order valence-electron chi connectivity index (χ1n) is 7.95. The number of rotatable bonds is 5. The number of pyridine rings is 1. The van der Waals surface area contributed by atoms with E-state index in [9.17, 15) is 9.90 Å². The van der Waals surface area contributed by atoms with Gasteiger partial charge in [-0.05, 0) is 66.0 Å². The van der Waals surface area contributed by atoms with E-state index in [1.807, 2.05) is 36.4 Å². The van der Waals surface area contributed by atoms with Crippen molar-refractivity contribution in [2.45, 2.75) is 11.4 Å². The Hall–Kier alpha value is -3.07. The maximum Gasteiger partial charge on any atom is 0.336 e. The van der Waals surface area contributed by atoms with Gasteiger partial charge in [-0.2, -0.15) is 0 Å². The molecule has 0 fully saturated rings. The molecular weight excluding hydrogens is 344 g/mol. The minimum absolute atomic E-state index is 0.215. The average Bonchev–Trinajstić information content (AvgIpc) is 2.68. The highest BCUT2D eigenvalue weighted by atomic mass is 32.2. The van der Waals surface area contributed by atoms with Crippen LogP contribution in [0.2, 0.25) is 0 Å². The summed E-state index contributed by atoms with van der Waals surface area (Å²) >= 11 is 1.55. The highest BCUT2D eigenvalue weighted by Gasteiger charge is 2.06. The average molecular weight is 360 g/mol. The van der Waals surface area contributed by atoms with Gasteiger partial charge in [-0.1, -0.05) is 24.0 Å². The molecule has 0 radical (unpaired) electrons. The van der Waals surface area contributed by atoms with Gasteiger partial charge in [-0.15, -0.1) is 0 Å². The second-order valence-electron chi connectivity index (χ2n) is 5.40. The molecule has 0 aliphatic rings. The number of hydrogen-bond donors (Lipinski definition) is 2. The second-order valence-corrected chi connectivity index (χ2v) is 6.37. The first-order valence-corrected chi connectivity index (χ1v) is 8.77. The van der Waals surface area contributed by atoms with Gasteiger partial charge in [0.25, 0.3) is 0 Å². The molecule has 3 aromatic rings. The molecule has 0 amide bonds. The van der Waals surface area contributed by atoms with Crippen molar-refractivity contribution in [1.82, 2.24) is 9.71 Å². The molecule has 0 aliphatic carbocycles. The molecule has 1 aromatic heterocycles. The molecule has 128 valence electrons. The molecule has 1 heterocycles. The molecule has 0 saturated heterocycles. The van der Waals surface area contributed by atoms with E-state index in [4.69, 9.17) is 0 Å². The predicted octanol–water partition coefficient (Wildman–Crippen LogP) is 3.98.